The minimum atomic E-state index is -2.34. The van der Waals surface area contributed by atoms with Crippen LogP contribution in [0.3, 0.4) is 0 Å². The Kier molecular flexibility index (Phi) is 6.36. The van der Waals surface area contributed by atoms with Gasteiger partial charge in [0.05, 0.1) is 12.3 Å². The van der Waals surface area contributed by atoms with Crippen LogP contribution in [-0.4, -0.2) is 11.8 Å². The van der Waals surface area contributed by atoms with Gasteiger partial charge < -0.3 is 9.73 Å². The smallest absolute Gasteiger partial charge is 0.284 e. The number of hydrogen-bond acceptors (Lipinski definition) is 3. The van der Waals surface area contributed by atoms with Crippen molar-refractivity contribution in [2.45, 2.75) is 63.1 Å². The molecule has 0 aromatic carbocycles. The van der Waals surface area contributed by atoms with E-state index < -0.39 is 5.76 Å². The summed E-state index contributed by atoms with van der Waals surface area (Å²) >= 11 is 0.599. The van der Waals surface area contributed by atoms with E-state index in [-0.39, 0.29) is 5.75 Å². The predicted octanol–water partition coefficient (Wildman–Crippen LogP) is 4.79. The zero-order valence-electron chi connectivity index (χ0n) is 11.9. The monoisotopic (exact) mass is 303 g/mol. The van der Waals surface area contributed by atoms with Crippen LogP contribution >= 0.6 is 11.8 Å². The summed E-state index contributed by atoms with van der Waals surface area (Å²) in [7, 11) is 0. The van der Waals surface area contributed by atoms with Gasteiger partial charge in [-0.05, 0) is 37.3 Å². The standard InChI is InChI=1S/C15H23F2NOS/c1-11-3-2-4-12(6-5-11)18-9-13-7-8-14(19-13)10-20-15(16)17/h7-8,11-12,15,18H,2-6,9-10H2,1H3. The lowest BCUT2D eigenvalue weighted by Gasteiger charge is -2.15. The van der Waals surface area contributed by atoms with Crippen molar-refractivity contribution in [1.29, 1.82) is 0 Å². The quantitative estimate of drug-likeness (QED) is 0.765. The summed E-state index contributed by atoms with van der Waals surface area (Å²) in [6, 6.07) is 4.24. The first kappa shape index (κ1) is 15.8. The molecular weight excluding hydrogens is 280 g/mol. The average Bonchev–Trinajstić information content (AvgIpc) is 2.77. The molecule has 1 aliphatic carbocycles. The lowest BCUT2D eigenvalue weighted by Crippen LogP contribution is -2.27. The van der Waals surface area contributed by atoms with Crippen molar-refractivity contribution in [2.75, 3.05) is 0 Å². The first-order chi connectivity index (χ1) is 9.63. The van der Waals surface area contributed by atoms with Crippen molar-refractivity contribution in [3.05, 3.63) is 23.7 Å². The molecule has 20 heavy (non-hydrogen) atoms. The number of thioether (sulfide) groups is 1. The van der Waals surface area contributed by atoms with E-state index in [0.717, 1.165) is 11.7 Å². The molecule has 1 aromatic rings. The number of nitrogens with one attached hydrogen (secondary N) is 1. The van der Waals surface area contributed by atoms with Gasteiger partial charge in [0.1, 0.15) is 11.5 Å². The molecule has 2 atom stereocenters. The number of hydrogen-bond donors (Lipinski definition) is 1. The van der Waals surface area contributed by atoms with Crippen LogP contribution in [0.2, 0.25) is 0 Å². The van der Waals surface area contributed by atoms with Crippen LogP contribution in [0.1, 0.15) is 50.5 Å². The van der Waals surface area contributed by atoms with E-state index >= 15 is 0 Å². The van der Waals surface area contributed by atoms with Gasteiger partial charge in [0.25, 0.3) is 5.76 Å². The van der Waals surface area contributed by atoms with Gasteiger partial charge in [0, 0.05) is 6.04 Å². The summed E-state index contributed by atoms with van der Waals surface area (Å²) in [5.74, 6) is 0.199. The van der Waals surface area contributed by atoms with Crippen LogP contribution in [0.15, 0.2) is 16.5 Å². The molecule has 1 heterocycles. The van der Waals surface area contributed by atoms with Gasteiger partial charge in [0.15, 0.2) is 0 Å². The summed E-state index contributed by atoms with van der Waals surface area (Å²) in [5.41, 5.74) is 0. The maximum Gasteiger partial charge on any atom is 0.284 e. The van der Waals surface area contributed by atoms with Gasteiger partial charge in [-0.15, -0.1) is 0 Å². The van der Waals surface area contributed by atoms with Crippen molar-refractivity contribution in [3.8, 4) is 0 Å². The molecule has 114 valence electrons. The molecule has 1 saturated carbocycles. The zero-order valence-corrected chi connectivity index (χ0v) is 12.7. The fourth-order valence-corrected chi connectivity index (χ4v) is 3.12. The van der Waals surface area contributed by atoms with Gasteiger partial charge in [-0.2, -0.15) is 8.78 Å². The molecule has 5 heteroatoms. The van der Waals surface area contributed by atoms with Crippen molar-refractivity contribution < 1.29 is 13.2 Å². The molecule has 1 fully saturated rings. The fraction of sp³-hybridized carbons (Fsp3) is 0.733. The van der Waals surface area contributed by atoms with Crippen molar-refractivity contribution >= 4 is 11.8 Å². The van der Waals surface area contributed by atoms with Crippen LogP contribution in [-0.2, 0) is 12.3 Å². The second kappa shape index (κ2) is 8.03. The summed E-state index contributed by atoms with van der Waals surface area (Å²) < 4.78 is 29.8. The second-order valence-electron chi connectivity index (χ2n) is 5.63. The highest BCUT2D eigenvalue weighted by Gasteiger charge is 2.16. The van der Waals surface area contributed by atoms with E-state index in [1.807, 2.05) is 6.07 Å². The SMILES string of the molecule is CC1CCCC(NCc2ccc(CSC(F)F)o2)CC1. The molecule has 0 amide bonds. The Labute approximate surface area is 123 Å². The normalized spacial score (nSPS) is 24.0. The van der Waals surface area contributed by atoms with Crippen molar-refractivity contribution in [1.82, 2.24) is 5.32 Å². The maximum absolute atomic E-state index is 12.1. The Bertz CT molecular complexity index is 397. The molecule has 0 saturated heterocycles. The first-order valence-electron chi connectivity index (χ1n) is 7.34. The van der Waals surface area contributed by atoms with Crippen LogP contribution in [0.5, 0.6) is 0 Å². The molecule has 2 unspecified atom stereocenters. The van der Waals surface area contributed by atoms with Crippen LogP contribution in [0.4, 0.5) is 8.78 Å². The Morgan fingerprint density at radius 2 is 2.05 bits per heavy atom. The van der Waals surface area contributed by atoms with Crippen LogP contribution in [0, 0.1) is 5.92 Å². The largest absolute Gasteiger partial charge is 0.464 e. The molecule has 1 N–H and O–H groups in total. The molecule has 2 nitrogen and oxygen atoms in total. The van der Waals surface area contributed by atoms with Gasteiger partial charge in [-0.25, -0.2) is 0 Å². The Hall–Kier alpha value is -0.550. The number of rotatable bonds is 6. The van der Waals surface area contributed by atoms with Gasteiger partial charge in [-0.3, -0.25) is 0 Å². The van der Waals surface area contributed by atoms with Gasteiger partial charge >= 0.3 is 0 Å². The maximum atomic E-state index is 12.1. The molecule has 0 spiro atoms. The highest BCUT2D eigenvalue weighted by Crippen LogP contribution is 2.24. The molecule has 0 bridgehead atoms. The summed E-state index contributed by atoms with van der Waals surface area (Å²) in [6.45, 7) is 3.01. The van der Waals surface area contributed by atoms with Gasteiger partial charge in [0.2, 0.25) is 0 Å². The Morgan fingerprint density at radius 3 is 2.85 bits per heavy atom. The van der Waals surface area contributed by atoms with E-state index in [4.69, 9.17) is 4.42 Å². The molecule has 1 aliphatic rings. The van der Waals surface area contributed by atoms with Crippen LogP contribution in [0.25, 0.3) is 0 Å². The van der Waals surface area contributed by atoms with E-state index in [9.17, 15) is 8.78 Å². The average molecular weight is 303 g/mol. The van der Waals surface area contributed by atoms with Crippen molar-refractivity contribution in [2.24, 2.45) is 5.92 Å². The summed E-state index contributed by atoms with van der Waals surface area (Å²) in [4.78, 5) is 0. The third-order valence-corrected chi connectivity index (χ3v) is 4.59. The highest BCUT2D eigenvalue weighted by atomic mass is 32.2. The Morgan fingerprint density at radius 1 is 1.25 bits per heavy atom. The minimum absolute atomic E-state index is 0.235. The third kappa shape index (κ3) is 5.44. The molecule has 2 rings (SSSR count). The Balaban J connectivity index is 1.73. The molecule has 0 aliphatic heterocycles. The number of halogens is 2. The third-order valence-electron chi connectivity index (χ3n) is 3.89. The highest BCUT2D eigenvalue weighted by molar-refractivity contribution is 7.98. The predicted molar refractivity (Wildman–Crippen MR) is 78.9 cm³/mol. The van der Waals surface area contributed by atoms with E-state index in [1.54, 1.807) is 6.07 Å². The zero-order chi connectivity index (χ0) is 14.4. The minimum Gasteiger partial charge on any atom is -0.464 e. The molecule has 0 radical (unpaired) electrons. The van der Waals surface area contributed by atoms with Crippen LogP contribution < -0.4 is 5.32 Å². The first-order valence-corrected chi connectivity index (χ1v) is 8.39. The fourth-order valence-electron chi connectivity index (χ4n) is 2.68. The molecular formula is C15H23F2NOS. The lowest BCUT2D eigenvalue weighted by molar-refractivity contribution is 0.251. The van der Waals surface area contributed by atoms with Gasteiger partial charge in [-0.1, -0.05) is 31.5 Å². The van der Waals surface area contributed by atoms with E-state index in [2.05, 4.69) is 12.2 Å². The topological polar surface area (TPSA) is 25.2 Å². The lowest BCUT2D eigenvalue weighted by atomic mass is 10.0. The van der Waals surface area contributed by atoms with E-state index in [1.165, 1.54) is 32.1 Å². The van der Waals surface area contributed by atoms with Crippen molar-refractivity contribution in [3.63, 3.8) is 0 Å². The molecule has 1 aromatic heterocycles. The van der Waals surface area contributed by atoms with E-state index in [0.29, 0.717) is 30.1 Å². The summed E-state index contributed by atoms with van der Waals surface area (Å²) in [6.07, 6.45) is 6.34. The second-order valence-corrected chi connectivity index (χ2v) is 6.61. The summed E-state index contributed by atoms with van der Waals surface area (Å²) in [5, 5.41) is 3.53. The number of alkyl halides is 2. The number of furan rings is 1.